The van der Waals surface area contributed by atoms with Gasteiger partial charge in [-0.1, -0.05) is 43.6 Å². The summed E-state index contributed by atoms with van der Waals surface area (Å²) in [4.78, 5) is 27.5. The first-order valence-corrected chi connectivity index (χ1v) is 7.90. The van der Waals surface area contributed by atoms with Crippen LogP contribution in [0.2, 0.25) is 5.02 Å². The SMILES string of the molecule is CC(C)[C@@H](NC(=O)c1csc(-c2ccccc2Cl)n1)C(=O)O. The second-order valence-corrected chi connectivity index (χ2v) is 6.32. The van der Waals surface area contributed by atoms with E-state index in [1.807, 2.05) is 18.2 Å². The van der Waals surface area contributed by atoms with Crippen LogP contribution in [0.4, 0.5) is 0 Å². The molecule has 22 heavy (non-hydrogen) atoms. The van der Waals surface area contributed by atoms with Gasteiger partial charge in [0.2, 0.25) is 0 Å². The van der Waals surface area contributed by atoms with Gasteiger partial charge in [-0.15, -0.1) is 11.3 Å². The monoisotopic (exact) mass is 338 g/mol. The normalized spacial score (nSPS) is 12.2. The molecule has 2 aromatic rings. The van der Waals surface area contributed by atoms with Crippen molar-refractivity contribution in [3.63, 3.8) is 0 Å². The van der Waals surface area contributed by atoms with Crippen LogP contribution in [-0.4, -0.2) is 28.0 Å². The highest BCUT2D eigenvalue weighted by molar-refractivity contribution is 7.13. The highest BCUT2D eigenvalue weighted by Crippen LogP contribution is 2.30. The number of aromatic nitrogens is 1. The minimum absolute atomic E-state index is 0.187. The molecule has 0 radical (unpaired) electrons. The van der Waals surface area contributed by atoms with Crippen LogP contribution in [0.25, 0.3) is 10.6 Å². The van der Waals surface area contributed by atoms with Crippen LogP contribution in [0, 0.1) is 5.92 Å². The van der Waals surface area contributed by atoms with E-state index in [4.69, 9.17) is 16.7 Å². The number of carbonyl (C=O) groups is 2. The van der Waals surface area contributed by atoms with Gasteiger partial charge in [0.1, 0.15) is 16.7 Å². The molecule has 0 bridgehead atoms. The lowest BCUT2D eigenvalue weighted by atomic mass is 10.0. The summed E-state index contributed by atoms with van der Waals surface area (Å²) < 4.78 is 0. The van der Waals surface area contributed by atoms with Gasteiger partial charge in [0, 0.05) is 10.9 Å². The molecular formula is C15H15ClN2O3S. The molecule has 2 rings (SSSR count). The van der Waals surface area contributed by atoms with E-state index in [-0.39, 0.29) is 11.6 Å². The third-order valence-electron chi connectivity index (χ3n) is 3.06. The first-order valence-electron chi connectivity index (χ1n) is 6.64. The molecule has 1 aromatic carbocycles. The Morgan fingerprint density at radius 3 is 2.59 bits per heavy atom. The summed E-state index contributed by atoms with van der Waals surface area (Å²) in [6, 6.07) is 6.26. The molecule has 1 atom stereocenters. The van der Waals surface area contributed by atoms with Gasteiger partial charge in [0.25, 0.3) is 5.91 Å². The van der Waals surface area contributed by atoms with Gasteiger partial charge in [-0.2, -0.15) is 0 Å². The fourth-order valence-electron chi connectivity index (χ4n) is 1.87. The zero-order chi connectivity index (χ0) is 16.3. The Morgan fingerprint density at radius 2 is 2.00 bits per heavy atom. The van der Waals surface area contributed by atoms with Gasteiger partial charge in [-0.05, 0) is 12.0 Å². The number of nitrogens with one attached hydrogen (secondary N) is 1. The average molecular weight is 339 g/mol. The molecule has 7 heteroatoms. The lowest BCUT2D eigenvalue weighted by Crippen LogP contribution is -2.44. The molecule has 5 nitrogen and oxygen atoms in total. The lowest BCUT2D eigenvalue weighted by Gasteiger charge is -2.16. The van der Waals surface area contributed by atoms with E-state index in [9.17, 15) is 9.59 Å². The topological polar surface area (TPSA) is 79.3 Å². The summed E-state index contributed by atoms with van der Waals surface area (Å²) in [5, 5.41) is 14.4. The summed E-state index contributed by atoms with van der Waals surface area (Å²) >= 11 is 7.39. The number of benzene rings is 1. The molecule has 0 saturated carbocycles. The number of hydrogen-bond acceptors (Lipinski definition) is 4. The van der Waals surface area contributed by atoms with Crippen LogP contribution in [0.15, 0.2) is 29.6 Å². The molecule has 0 saturated heterocycles. The largest absolute Gasteiger partial charge is 0.480 e. The van der Waals surface area contributed by atoms with E-state index in [0.29, 0.717) is 10.0 Å². The van der Waals surface area contributed by atoms with Gasteiger partial charge in [0.15, 0.2) is 0 Å². The number of nitrogens with zero attached hydrogens (tertiary/aromatic N) is 1. The van der Waals surface area contributed by atoms with Gasteiger partial charge in [-0.25, -0.2) is 9.78 Å². The number of amides is 1. The van der Waals surface area contributed by atoms with Crippen LogP contribution in [0.5, 0.6) is 0 Å². The fourth-order valence-corrected chi connectivity index (χ4v) is 2.99. The second kappa shape index (κ2) is 6.89. The quantitative estimate of drug-likeness (QED) is 0.876. The van der Waals surface area contributed by atoms with E-state index in [2.05, 4.69) is 10.3 Å². The number of rotatable bonds is 5. The van der Waals surface area contributed by atoms with E-state index >= 15 is 0 Å². The molecule has 1 heterocycles. The average Bonchev–Trinajstić information content (AvgIpc) is 2.94. The van der Waals surface area contributed by atoms with Crippen LogP contribution in [0.1, 0.15) is 24.3 Å². The number of carbonyl (C=O) groups excluding carboxylic acids is 1. The molecule has 0 aliphatic carbocycles. The number of hydrogen-bond donors (Lipinski definition) is 2. The Kier molecular flexibility index (Phi) is 5.15. The predicted octanol–water partition coefficient (Wildman–Crippen LogP) is 3.30. The smallest absolute Gasteiger partial charge is 0.326 e. The lowest BCUT2D eigenvalue weighted by molar-refractivity contribution is -0.140. The number of carboxylic acids is 1. The van der Waals surface area contributed by atoms with Crippen molar-refractivity contribution >= 4 is 34.8 Å². The van der Waals surface area contributed by atoms with E-state index < -0.39 is 17.9 Å². The van der Waals surface area contributed by atoms with Gasteiger partial charge < -0.3 is 10.4 Å². The van der Waals surface area contributed by atoms with Gasteiger partial charge in [0.05, 0.1) is 5.02 Å². The van der Waals surface area contributed by atoms with Crippen LogP contribution >= 0.6 is 22.9 Å². The van der Waals surface area contributed by atoms with Crippen molar-refractivity contribution in [1.82, 2.24) is 10.3 Å². The van der Waals surface area contributed by atoms with Crippen molar-refractivity contribution in [2.45, 2.75) is 19.9 Å². The number of thiazole rings is 1. The molecule has 0 aliphatic heterocycles. The van der Waals surface area contributed by atoms with E-state index in [0.717, 1.165) is 5.56 Å². The summed E-state index contributed by atoms with van der Waals surface area (Å²) in [6.45, 7) is 3.46. The zero-order valence-corrected chi connectivity index (χ0v) is 13.6. The van der Waals surface area contributed by atoms with Crippen LogP contribution in [-0.2, 0) is 4.79 Å². The Morgan fingerprint density at radius 1 is 1.32 bits per heavy atom. The van der Waals surface area contributed by atoms with E-state index in [1.165, 1.54) is 11.3 Å². The molecule has 0 aliphatic rings. The molecule has 116 valence electrons. The second-order valence-electron chi connectivity index (χ2n) is 5.05. The Bertz CT molecular complexity index is 700. The van der Waals surface area contributed by atoms with Crippen LogP contribution in [0.3, 0.4) is 0 Å². The van der Waals surface area contributed by atoms with Gasteiger partial charge >= 0.3 is 5.97 Å². The summed E-state index contributed by atoms with van der Waals surface area (Å²) in [5.74, 6) is -1.79. The highest BCUT2D eigenvalue weighted by atomic mass is 35.5. The summed E-state index contributed by atoms with van der Waals surface area (Å²) in [6.07, 6.45) is 0. The fraction of sp³-hybridized carbons (Fsp3) is 0.267. The molecule has 2 N–H and O–H groups in total. The standard InChI is InChI=1S/C15H15ClN2O3S/c1-8(2)12(15(20)21)18-13(19)11-7-22-14(17-11)9-5-3-4-6-10(9)16/h3-8,12H,1-2H3,(H,18,19)(H,20,21)/t12-/m1/s1. The molecule has 1 aromatic heterocycles. The predicted molar refractivity (Wildman–Crippen MR) is 86.3 cm³/mol. The maximum Gasteiger partial charge on any atom is 0.326 e. The molecule has 0 unspecified atom stereocenters. The van der Waals surface area contributed by atoms with Crippen molar-refractivity contribution in [3.8, 4) is 10.6 Å². The summed E-state index contributed by atoms with van der Waals surface area (Å²) in [7, 11) is 0. The Balaban J connectivity index is 2.19. The highest BCUT2D eigenvalue weighted by Gasteiger charge is 2.25. The number of halogens is 1. The third-order valence-corrected chi connectivity index (χ3v) is 4.27. The van der Waals surface area contributed by atoms with Gasteiger partial charge in [-0.3, -0.25) is 4.79 Å². The first-order chi connectivity index (χ1) is 10.4. The zero-order valence-electron chi connectivity index (χ0n) is 12.0. The first kappa shape index (κ1) is 16.5. The molecule has 1 amide bonds. The maximum absolute atomic E-state index is 12.1. The molecular weight excluding hydrogens is 324 g/mol. The maximum atomic E-state index is 12.1. The third kappa shape index (κ3) is 3.64. The van der Waals surface area contributed by atoms with Crippen molar-refractivity contribution in [2.75, 3.05) is 0 Å². The minimum atomic E-state index is -1.06. The van der Waals surface area contributed by atoms with Crippen molar-refractivity contribution in [1.29, 1.82) is 0 Å². The minimum Gasteiger partial charge on any atom is -0.480 e. The Hall–Kier alpha value is -1.92. The number of carboxylic acid groups (broad SMARTS) is 1. The van der Waals surface area contributed by atoms with Crippen molar-refractivity contribution in [2.24, 2.45) is 5.92 Å². The van der Waals surface area contributed by atoms with Crippen LogP contribution < -0.4 is 5.32 Å². The number of aliphatic carboxylic acids is 1. The van der Waals surface area contributed by atoms with E-state index in [1.54, 1.807) is 25.3 Å². The van der Waals surface area contributed by atoms with Crippen molar-refractivity contribution in [3.05, 3.63) is 40.4 Å². The summed E-state index contributed by atoms with van der Waals surface area (Å²) in [5.41, 5.74) is 0.929. The Labute approximate surface area is 137 Å². The molecule has 0 spiro atoms. The molecule has 0 fully saturated rings. The van der Waals surface area contributed by atoms with Crippen molar-refractivity contribution < 1.29 is 14.7 Å².